The first-order valence-electron chi connectivity index (χ1n) is 14.1. The minimum atomic E-state index is -0.479. The second-order valence-corrected chi connectivity index (χ2v) is 11.9. The summed E-state index contributed by atoms with van der Waals surface area (Å²) >= 11 is 1.30. The summed E-state index contributed by atoms with van der Waals surface area (Å²) in [5.41, 5.74) is 1.61. The molecule has 44 heavy (non-hydrogen) atoms. The Bertz CT molecular complexity index is 1920. The number of hydrogen-bond donors (Lipinski definition) is 0. The van der Waals surface area contributed by atoms with Gasteiger partial charge in [-0.05, 0) is 37.1 Å². The summed E-state index contributed by atoms with van der Waals surface area (Å²) < 4.78 is 28.6. The van der Waals surface area contributed by atoms with Crippen LogP contribution < -0.4 is 10.3 Å². The first-order chi connectivity index (χ1) is 21.3. The lowest BCUT2D eigenvalue weighted by atomic mass is 10.1. The normalized spacial score (nSPS) is 16.6. The Morgan fingerprint density at radius 3 is 2.68 bits per heavy atom. The molecule has 1 saturated heterocycles. The summed E-state index contributed by atoms with van der Waals surface area (Å²) in [7, 11) is 0. The van der Waals surface area contributed by atoms with Crippen LogP contribution in [-0.4, -0.2) is 55.0 Å². The van der Waals surface area contributed by atoms with Crippen molar-refractivity contribution < 1.29 is 18.7 Å². The minimum Gasteiger partial charge on any atom is -0.481 e. The van der Waals surface area contributed by atoms with Crippen LogP contribution in [0.4, 0.5) is 4.39 Å². The summed E-state index contributed by atoms with van der Waals surface area (Å²) in [5, 5.41) is 9.92. The van der Waals surface area contributed by atoms with Gasteiger partial charge in [-0.25, -0.2) is 18.8 Å². The highest BCUT2D eigenvalue weighted by atomic mass is 32.1. The number of nitrogens with zero attached hydrogens (tertiary/aromatic N) is 6. The second-order valence-electron chi connectivity index (χ2n) is 10.7. The molecule has 1 fully saturated rings. The topological polar surface area (TPSA) is 115 Å². The Morgan fingerprint density at radius 1 is 1.16 bits per heavy atom. The van der Waals surface area contributed by atoms with Crippen molar-refractivity contribution in [3.8, 4) is 22.5 Å². The zero-order valence-corrected chi connectivity index (χ0v) is 25.0. The minimum absolute atomic E-state index is 0.00331. The van der Waals surface area contributed by atoms with E-state index in [1.54, 1.807) is 34.1 Å². The number of imidazole rings is 1. The summed E-state index contributed by atoms with van der Waals surface area (Å²) in [6.07, 6.45) is 5.10. The molecule has 3 aromatic heterocycles. The maximum Gasteiger partial charge on any atom is 0.302 e. The Hall–Kier alpha value is -4.86. The summed E-state index contributed by atoms with van der Waals surface area (Å²) in [6, 6.07) is 15.6. The van der Waals surface area contributed by atoms with Gasteiger partial charge >= 0.3 is 5.56 Å². The molecule has 0 saturated carbocycles. The predicted molar refractivity (Wildman–Crippen MR) is 162 cm³/mol. The molecule has 5 aromatic rings. The molecule has 1 aliphatic rings. The van der Waals surface area contributed by atoms with E-state index in [0.717, 1.165) is 10.4 Å². The number of hydrogen-bond acceptors (Lipinski definition) is 8. The van der Waals surface area contributed by atoms with Gasteiger partial charge in [0.05, 0.1) is 23.8 Å². The summed E-state index contributed by atoms with van der Waals surface area (Å²) in [4.78, 5) is 39.0. The van der Waals surface area contributed by atoms with Crippen LogP contribution >= 0.6 is 11.3 Å². The Kier molecular flexibility index (Phi) is 8.23. The van der Waals surface area contributed by atoms with Gasteiger partial charge in [-0.2, -0.15) is 5.26 Å². The molecule has 0 N–H and O–H groups in total. The molecule has 10 nitrogen and oxygen atoms in total. The number of rotatable bonds is 8. The van der Waals surface area contributed by atoms with E-state index in [9.17, 15) is 19.2 Å². The highest BCUT2D eigenvalue weighted by molar-refractivity contribution is 7.15. The van der Waals surface area contributed by atoms with Gasteiger partial charge in [0.2, 0.25) is 17.4 Å². The number of carbonyl (C=O) groups excluding carboxylic acids is 1. The van der Waals surface area contributed by atoms with Gasteiger partial charge in [-0.1, -0.05) is 36.4 Å². The zero-order valence-electron chi connectivity index (χ0n) is 24.1. The number of nitriles is 1. The molecular weight excluding hydrogens is 583 g/mol. The van der Waals surface area contributed by atoms with E-state index in [2.05, 4.69) is 4.98 Å². The van der Waals surface area contributed by atoms with E-state index in [-0.39, 0.29) is 54.1 Å². The average Bonchev–Trinajstić information content (AvgIpc) is 3.64. The zero-order chi connectivity index (χ0) is 30.8. The van der Waals surface area contributed by atoms with Crippen LogP contribution in [-0.2, 0) is 29.1 Å². The Morgan fingerprint density at radius 2 is 1.93 bits per heavy atom. The molecule has 0 aliphatic carbocycles. The van der Waals surface area contributed by atoms with Crippen LogP contribution in [0.5, 0.6) is 5.75 Å². The summed E-state index contributed by atoms with van der Waals surface area (Å²) in [6.45, 7) is 4.99. The maximum atomic E-state index is 13.8. The molecule has 0 radical (unpaired) electrons. The van der Waals surface area contributed by atoms with Crippen molar-refractivity contribution in [2.75, 3.05) is 13.1 Å². The van der Waals surface area contributed by atoms with E-state index in [0.29, 0.717) is 30.1 Å². The first kappa shape index (κ1) is 29.2. The standard InChI is InChI=1S/C32H29FN6O4S/c1-20-16-38(17-21(2)43-20)27(40)18-37-10-11-39-31(41)29(42-19-22-6-4-3-5-7-22)28(36-32(37)39)30-35-15-26(44-30)13-23-8-9-25(33)12-24(23)14-34/h3-12,15,20-21H,13,16-19H2,1-2H3. The van der Waals surface area contributed by atoms with Crippen molar-refractivity contribution in [3.05, 3.63) is 105 Å². The number of aromatic nitrogens is 4. The van der Waals surface area contributed by atoms with Gasteiger partial charge in [-0.3, -0.25) is 9.59 Å². The predicted octanol–water partition coefficient (Wildman–Crippen LogP) is 4.44. The Labute approximate surface area is 256 Å². The van der Waals surface area contributed by atoms with Crippen LogP contribution in [0.2, 0.25) is 0 Å². The van der Waals surface area contributed by atoms with Crippen molar-refractivity contribution in [2.24, 2.45) is 0 Å². The molecule has 2 unspecified atom stereocenters. The summed E-state index contributed by atoms with van der Waals surface area (Å²) in [5.74, 6) is -0.268. The van der Waals surface area contributed by atoms with Gasteiger partial charge in [-0.15, -0.1) is 11.3 Å². The van der Waals surface area contributed by atoms with Crippen molar-refractivity contribution in [2.45, 2.75) is 45.6 Å². The average molecular weight is 613 g/mol. The van der Waals surface area contributed by atoms with Crippen LogP contribution in [0.25, 0.3) is 16.5 Å². The van der Waals surface area contributed by atoms with E-state index >= 15 is 0 Å². The number of benzene rings is 2. The third-order valence-electron chi connectivity index (χ3n) is 7.33. The lowest BCUT2D eigenvalue weighted by molar-refractivity contribution is -0.143. The number of thiazole rings is 1. The lowest BCUT2D eigenvalue weighted by Crippen LogP contribution is -2.49. The molecule has 0 spiro atoms. The number of fused-ring (bicyclic) bond motifs is 1. The molecule has 1 aliphatic heterocycles. The van der Waals surface area contributed by atoms with Crippen LogP contribution in [0.3, 0.4) is 0 Å². The molecule has 224 valence electrons. The fourth-order valence-electron chi connectivity index (χ4n) is 5.31. The number of halogens is 1. The van der Waals surface area contributed by atoms with E-state index in [4.69, 9.17) is 14.5 Å². The third-order valence-corrected chi connectivity index (χ3v) is 8.33. The number of ether oxygens (including phenoxy) is 2. The highest BCUT2D eigenvalue weighted by Crippen LogP contribution is 2.32. The fourth-order valence-corrected chi connectivity index (χ4v) is 6.23. The molecule has 4 heterocycles. The molecule has 1 amide bonds. The maximum absolute atomic E-state index is 13.8. The number of carbonyl (C=O) groups is 1. The van der Waals surface area contributed by atoms with Gasteiger partial charge in [0.1, 0.15) is 24.0 Å². The number of morpholine rings is 1. The Balaban J connectivity index is 1.36. The number of amides is 1. The SMILES string of the molecule is CC1CN(C(=O)Cn2ccn3c(=O)c(OCc4ccccc4)c(-c4ncc(Cc5ccc(F)cc5C#N)s4)nc23)CC(C)O1. The second kappa shape index (κ2) is 12.4. The molecule has 12 heteroatoms. The van der Waals surface area contributed by atoms with E-state index < -0.39 is 11.4 Å². The third kappa shape index (κ3) is 6.10. The van der Waals surface area contributed by atoms with Gasteiger partial charge in [0.25, 0.3) is 0 Å². The van der Waals surface area contributed by atoms with E-state index in [1.807, 2.05) is 50.2 Å². The first-order valence-corrected chi connectivity index (χ1v) is 15.0. The van der Waals surface area contributed by atoms with Gasteiger partial charge < -0.3 is 18.9 Å². The molecule has 2 atom stereocenters. The van der Waals surface area contributed by atoms with Gasteiger partial charge in [0, 0.05) is 43.0 Å². The van der Waals surface area contributed by atoms with Crippen molar-refractivity contribution in [1.82, 2.24) is 23.8 Å². The van der Waals surface area contributed by atoms with Crippen molar-refractivity contribution >= 4 is 23.0 Å². The lowest BCUT2D eigenvalue weighted by Gasteiger charge is -2.35. The fraction of sp³-hybridized carbons (Fsp3) is 0.281. The largest absolute Gasteiger partial charge is 0.481 e. The molecule has 0 bridgehead atoms. The van der Waals surface area contributed by atoms with Crippen molar-refractivity contribution in [1.29, 1.82) is 5.26 Å². The van der Waals surface area contributed by atoms with E-state index in [1.165, 1.54) is 27.9 Å². The van der Waals surface area contributed by atoms with Gasteiger partial charge in [0.15, 0.2) is 5.69 Å². The highest BCUT2D eigenvalue weighted by Gasteiger charge is 2.27. The van der Waals surface area contributed by atoms with Crippen LogP contribution in [0.1, 0.15) is 35.4 Å². The molecular formula is C32H29FN6O4S. The molecule has 6 rings (SSSR count). The quantitative estimate of drug-likeness (QED) is 0.255. The van der Waals surface area contributed by atoms with Crippen molar-refractivity contribution in [3.63, 3.8) is 0 Å². The monoisotopic (exact) mass is 612 g/mol. The molecule has 2 aromatic carbocycles. The van der Waals surface area contributed by atoms with Crippen LogP contribution in [0.15, 0.2) is 71.9 Å². The smallest absolute Gasteiger partial charge is 0.302 e. The van der Waals surface area contributed by atoms with Crippen LogP contribution in [0, 0.1) is 17.1 Å².